The first-order valence-corrected chi connectivity index (χ1v) is 8.24. The van der Waals surface area contributed by atoms with E-state index >= 15 is 0 Å². The largest absolute Gasteiger partial charge is 0.396 e. The second kappa shape index (κ2) is 6.93. The zero-order valence-electron chi connectivity index (χ0n) is 14.1. The summed E-state index contributed by atoms with van der Waals surface area (Å²) in [5, 5.41) is 20.5. The molecule has 1 aromatic carbocycles. The number of piperidine rings is 1. The van der Waals surface area contributed by atoms with E-state index < -0.39 is 11.5 Å². The standard InChI is InChI=1S/C18H22FN3O3/c1-21-9-15(20-12-21)17(25)22-7-6-16(24)18(10-22,11-23)8-13-2-4-14(19)5-3-13/h2-5,9,12,16,23-24H,6-8,10-11H2,1H3/t16-,18-/m0/s1. The lowest BCUT2D eigenvalue weighted by Crippen LogP contribution is -2.56. The molecule has 2 aromatic rings. The number of benzene rings is 1. The number of carbonyl (C=O) groups is 1. The maximum atomic E-state index is 13.1. The Morgan fingerprint density at radius 3 is 2.72 bits per heavy atom. The van der Waals surface area contributed by atoms with E-state index in [0.717, 1.165) is 5.56 Å². The molecule has 2 N–H and O–H groups in total. The molecule has 1 aliphatic heterocycles. The van der Waals surface area contributed by atoms with Crippen molar-refractivity contribution in [1.29, 1.82) is 0 Å². The fourth-order valence-corrected chi connectivity index (χ4v) is 3.40. The summed E-state index contributed by atoms with van der Waals surface area (Å²) in [6, 6.07) is 5.98. The number of carbonyl (C=O) groups excluding carboxylic acids is 1. The second-order valence-electron chi connectivity index (χ2n) is 6.78. The van der Waals surface area contributed by atoms with Gasteiger partial charge in [0.15, 0.2) is 0 Å². The fourth-order valence-electron chi connectivity index (χ4n) is 3.40. The van der Waals surface area contributed by atoms with E-state index in [9.17, 15) is 19.4 Å². The van der Waals surface area contributed by atoms with Crippen LogP contribution in [0.4, 0.5) is 4.39 Å². The Hall–Kier alpha value is -2.25. The number of nitrogens with zero attached hydrogens (tertiary/aromatic N) is 3. The molecule has 1 fully saturated rings. The van der Waals surface area contributed by atoms with Gasteiger partial charge in [0.25, 0.3) is 5.91 Å². The summed E-state index contributed by atoms with van der Waals surface area (Å²) in [6.45, 7) is 0.358. The quantitative estimate of drug-likeness (QED) is 0.864. The smallest absolute Gasteiger partial charge is 0.274 e. The van der Waals surface area contributed by atoms with Gasteiger partial charge in [0.1, 0.15) is 11.5 Å². The first kappa shape index (κ1) is 17.6. The normalized spacial score (nSPS) is 23.7. The number of amides is 1. The van der Waals surface area contributed by atoms with E-state index in [1.807, 2.05) is 0 Å². The van der Waals surface area contributed by atoms with Gasteiger partial charge in [-0.2, -0.15) is 0 Å². The van der Waals surface area contributed by atoms with Gasteiger partial charge in [0, 0.05) is 31.7 Å². The Morgan fingerprint density at radius 1 is 1.40 bits per heavy atom. The first-order valence-electron chi connectivity index (χ1n) is 8.24. The van der Waals surface area contributed by atoms with Crippen molar-refractivity contribution in [1.82, 2.24) is 14.5 Å². The van der Waals surface area contributed by atoms with Gasteiger partial charge in [0.05, 0.1) is 19.0 Å². The van der Waals surface area contributed by atoms with Crippen molar-refractivity contribution in [2.24, 2.45) is 12.5 Å². The average Bonchev–Trinajstić information content (AvgIpc) is 3.05. The van der Waals surface area contributed by atoms with Crippen molar-refractivity contribution in [3.05, 3.63) is 53.9 Å². The second-order valence-corrected chi connectivity index (χ2v) is 6.78. The Labute approximate surface area is 145 Å². The summed E-state index contributed by atoms with van der Waals surface area (Å²) in [5.41, 5.74) is 0.273. The van der Waals surface area contributed by atoms with Crippen LogP contribution < -0.4 is 0 Å². The number of halogens is 1. The molecular formula is C18H22FN3O3. The van der Waals surface area contributed by atoms with E-state index in [1.54, 1.807) is 41.2 Å². The van der Waals surface area contributed by atoms with E-state index in [1.165, 1.54) is 12.1 Å². The van der Waals surface area contributed by atoms with Gasteiger partial charge < -0.3 is 19.7 Å². The predicted octanol–water partition coefficient (Wildman–Crippen LogP) is 0.987. The van der Waals surface area contributed by atoms with Crippen LogP contribution >= 0.6 is 0 Å². The van der Waals surface area contributed by atoms with Crippen LogP contribution in [0, 0.1) is 11.2 Å². The topological polar surface area (TPSA) is 78.6 Å². The Morgan fingerprint density at radius 2 is 2.12 bits per heavy atom. The number of aryl methyl sites for hydroxylation is 1. The number of aliphatic hydroxyl groups is 2. The van der Waals surface area contributed by atoms with Crippen LogP contribution in [0.15, 0.2) is 36.8 Å². The number of aromatic nitrogens is 2. The minimum Gasteiger partial charge on any atom is -0.396 e. The molecule has 1 aliphatic rings. The Bertz CT molecular complexity index is 746. The van der Waals surface area contributed by atoms with E-state index in [-0.39, 0.29) is 24.9 Å². The van der Waals surface area contributed by atoms with Gasteiger partial charge in [-0.15, -0.1) is 0 Å². The molecule has 2 heterocycles. The van der Waals surface area contributed by atoms with Crippen molar-refractivity contribution in [3.8, 4) is 0 Å². The molecule has 1 aromatic heterocycles. The summed E-state index contributed by atoms with van der Waals surface area (Å²) in [7, 11) is 1.79. The maximum absolute atomic E-state index is 13.1. The van der Waals surface area contributed by atoms with Crippen molar-refractivity contribution in [2.45, 2.75) is 18.9 Å². The monoisotopic (exact) mass is 347 g/mol. The third-order valence-electron chi connectivity index (χ3n) is 4.88. The lowest BCUT2D eigenvalue weighted by molar-refractivity contribution is -0.0669. The van der Waals surface area contributed by atoms with Crippen LogP contribution in [-0.4, -0.2) is 56.4 Å². The van der Waals surface area contributed by atoms with Crippen molar-refractivity contribution >= 4 is 5.91 Å². The van der Waals surface area contributed by atoms with Gasteiger partial charge in [-0.05, 0) is 30.5 Å². The van der Waals surface area contributed by atoms with Gasteiger partial charge in [-0.25, -0.2) is 9.37 Å². The molecule has 7 heteroatoms. The lowest BCUT2D eigenvalue weighted by Gasteiger charge is -2.45. The number of aliphatic hydroxyl groups excluding tert-OH is 2. The number of imidazole rings is 1. The van der Waals surface area contributed by atoms with Gasteiger partial charge in [-0.1, -0.05) is 12.1 Å². The molecule has 1 amide bonds. The molecule has 2 atom stereocenters. The number of hydrogen-bond acceptors (Lipinski definition) is 4. The molecule has 0 spiro atoms. The summed E-state index contributed by atoms with van der Waals surface area (Å²) in [4.78, 5) is 18.4. The average molecular weight is 347 g/mol. The third-order valence-corrected chi connectivity index (χ3v) is 4.88. The van der Waals surface area contributed by atoms with Crippen molar-refractivity contribution in [2.75, 3.05) is 19.7 Å². The summed E-state index contributed by atoms with van der Waals surface area (Å²) >= 11 is 0. The number of hydrogen-bond donors (Lipinski definition) is 2. The zero-order chi connectivity index (χ0) is 18.0. The highest BCUT2D eigenvalue weighted by atomic mass is 19.1. The Balaban J connectivity index is 1.81. The minimum absolute atomic E-state index is 0.218. The predicted molar refractivity (Wildman–Crippen MR) is 89.4 cm³/mol. The SMILES string of the molecule is Cn1cnc(C(=O)N2CC[C@H](O)[C@@](CO)(Cc3ccc(F)cc3)C2)c1. The molecule has 0 radical (unpaired) electrons. The minimum atomic E-state index is -0.874. The van der Waals surface area contributed by atoms with E-state index in [0.29, 0.717) is 25.1 Å². The highest BCUT2D eigenvalue weighted by molar-refractivity contribution is 5.92. The molecule has 25 heavy (non-hydrogen) atoms. The zero-order valence-corrected chi connectivity index (χ0v) is 14.1. The van der Waals surface area contributed by atoms with Crippen LogP contribution in [0.3, 0.4) is 0 Å². The highest BCUT2D eigenvalue weighted by Crippen LogP contribution is 2.34. The summed E-state index contributed by atoms with van der Waals surface area (Å²) < 4.78 is 14.8. The molecule has 1 saturated heterocycles. The molecule has 134 valence electrons. The van der Waals surface area contributed by atoms with Crippen LogP contribution in [0.1, 0.15) is 22.5 Å². The third kappa shape index (κ3) is 3.57. The van der Waals surface area contributed by atoms with Crippen molar-refractivity contribution in [3.63, 3.8) is 0 Å². The van der Waals surface area contributed by atoms with Crippen molar-refractivity contribution < 1.29 is 19.4 Å². The van der Waals surface area contributed by atoms with E-state index in [4.69, 9.17) is 0 Å². The molecular weight excluding hydrogens is 325 g/mol. The van der Waals surface area contributed by atoms with Gasteiger partial charge in [-0.3, -0.25) is 4.79 Å². The highest BCUT2D eigenvalue weighted by Gasteiger charge is 2.44. The van der Waals surface area contributed by atoms with Crippen LogP contribution in [0.5, 0.6) is 0 Å². The molecule has 0 aliphatic carbocycles. The van der Waals surface area contributed by atoms with Gasteiger partial charge in [0.2, 0.25) is 0 Å². The first-order chi connectivity index (χ1) is 11.9. The van der Waals surface area contributed by atoms with Gasteiger partial charge >= 0.3 is 0 Å². The van der Waals surface area contributed by atoms with Crippen LogP contribution in [0.25, 0.3) is 0 Å². The van der Waals surface area contributed by atoms with Crippen LogP contribution in [0.2, 0.25) is 0 Å². The molecule has 0 bridgehead atoms. The summed E-state index contributed by atoms with van der Waals surface area (Å²) in [6.07, 6.45) is 3.20. The lowest BCUT2D eigenvalue weighted by atomic mass is 9.73. The van der Waals surface area contributed by atoms with Crippen LogP contribution in [-0.2, 0) is 13.5 Å². The molecule has 6 nitrogen and oxygen atoms in total. The fraction of sp³-hybridized carbons (Fsp3) is 0.444. The summed E-state index contributed by atoms with van der Waals surface area (Å²) in [5.74, 6) is -0.553. The number of rotatable bonds is 4. The molecule has 0 unspecified atom stereocenters. The number of likely N-dealkylation sites (tertiary alicyclic amines) is 1. The maximum Gasteiger partial charge on any atom is 0.274 e. The van der Waals surface area contributed by atoms with E-state index in [2.05, 4.69) is 4.98 Å². The molecule has 3 rings (SSSR count). The Kier molecular flexibility index (Phi) is 4.87. The molecule has 0 saturated carbocycles.